The largest absolute Gasteiger partial charge is 0.313 e. The highest BCUT2D eigenvalue weighted by atomic mass is 32.2. The zero-order valence-corrected chi connectivity index (χ0v) is 10.1. The minimum absolute atomic E-state index is 0.122. The molecule has 1 saturated heterocycles. The second-order valence-electron chi connectivity index (χ2n) is 3.48. The van der Waals surface area contributed by atoms with Crippen molar-refractivity contribution in [3.63, 3.8) is 0 Å². The van der Waals surface area contributed by atoms with Gasteiger partial charge in [0.15, 0.2) is 0 Å². The third-order valence-corrected chi connectivity index (χ3v) is 5.94. The molecule has 14 heavy (non-hydrogen) atoms. The first-order valence-corrected chi connectivity index (χ1v) is 6.75. The van der Waals surface area contributed by atoms with E-state index in [-0.39, 0.29) is 12.1 Å². The molecule has 1 aliphatic rings. The summed E-state index contributed by atoms with van der Waals surface area (Å²) < 4.78 is 0. The van der Waals surface area contributed by atoms with Crippen molar-refractivity contribution in [1.29, 1.82) is 0 Å². The molecule has 0 aromatic carbocycles. The highest BCUT2D eigenvalue weighted by Crippen LogP contribution is 2.34. The Hall–Kier alpha value is -0.320. The van der Waals surface area contributed by atoms with Crippen LogP contribution in [-0.2, 0) is 0 Å². The molecule has 0 saturated carbocycles. The lowest BCUT2D eigenvalue weighted by Gasteiger charge is -2.26. The Kier molecular flexibility index (Phi) is 4.65. The molecule has 1 fully saturated rings. The van der Waals surface area contributed by atoms with Crippen LogP contribution in [-0.4, -0.2) is 34.1 Å². The molecule has 76 valence electrons. The van der Waals surface area contributed by atoms with E-state index in [1.807, 2.05) is 37.4 Å². The molecule has 4 unspecified atom stereocenters. The van der Waals surface area contributed by atoms with Gasteiger partial charge in [0.2, 0.25) is 12.1 Å². The summed E-state index contributed by atoms with van der Waals surface area (Å²) in [5.74, 6) is 2.05. The van der Waals surface area contributed by atoms with Crippen LogP contribution in [0.3, 0.4) is 0 Å². The molecule has 0 N–H and O–H groups in total. The Morgan fingerprint density at radius 3 is 1.57 bits per heavy atom. The fraction of sp³-hybridized carbons (Fsp3) is 0.800. The molecule has 0 bridgehead atoms. The Bertz CT molecular complexity index is 230. The predicted molar refractivity (Wildman–Crippen MR) is 64.6 cm³/mol. The van der Waals surface area contributed by atoms with Gasteiger partial charge >= 0.3 is 0 Å². The predicted octanol–water partition coefficient (Wildman–Crippen LogP) is 2.82. The zero-order valence-electron chi connectivity index (χ0n) is 8.43. The molecule has 0 aromatic heterocycles. The van der Waals surface area contributed by atoms with Crippen molar-refractivity contribution in [3.8, 4) is 0 Å². The van der Waals surface area contributed by atoms with Gasteiger partial charge in [-0.15, -0.1) is 23.5 Å². The van der Waals surface area contributed by atoms with Gasteiger partial charge < -0.3 is 9.69 Å². The molecular formula is C10H14N2S2. The summed E-state index contributed by atoms with van der Waals surface area (Å²) in [6.45, 7) is 17.9. The number of thioether (sulfide) groups is 2. The van der Waals surface area contributed by atoms with Crippen LogP contribution < -0.4 is 0 Å². The standard InChI is InChI=1S/C10H14N2S2/c1-7(11-3)9-5-14-10(6-13-9)8(2)12-4/h7-10H,5-6H2,1-2H3. The molecule has 1 aliphatic heterocycles. The summed E-state index contributed by atoms with van der Waals surface area (Å²) in [6, 6.07) is 0.244. The third-order valence-electron chi connectivity index (χ3n) is 2.43. The second kappa shape index (κ2) is 5.53. The van der Waals surface area contributed by atoms with Gasteiger partial charge in [0.1, 0.15) is 0 Å². The van der Waals surface area contributed by atoms with Crippen LogP contribution in [0.1, 0.15) is 13.8 Å². The van der Waals surface area contributed by atoms with E-state index in [1.165, 1.54) is 0 Å². The summed E-state index contributed by atoms with van der Waals surface area (Å²) in [5, 5.41) is 0.929. The summed E-state index contributed by atoms with van der Waals surface area (Å²) in [7, 11) is 0. The molecule has 0 aliphatic carbocycles. The van der Waals surface area contributed by atoms with E-state index in [4.69, 9.17) is 13.1 Å². The van der Waals surface area contributed by atoms with E-state index < -0.39 is 0 Å². The highest BCUT2D eigenvalue weighted by Gasteiger charge is 2.33. The van der Waals surface area contributed by atoms with Crippen molar-refractivity contribution in [2.24, 2.45) is 0 Å². The molecular weight excluding hydrogens is 212 g/mol. The van der Waals surface area contributed by atoms with Crippen LogP contribution in [0.5, 0.6) is 0 Å². The van der Waals surface area contributed by atoms with Crippen molar-refractivity contribution < 1.29 is 0 Å². The van der Waals surface area contributed by atoms with Gasteiger partial charge in [-0.3, -0.25) is 0 Å². The molecule has 1 heterocycles. The minimum Gasteiger partial charge on any atom is -0.313 e. The Labute approximate surface area is 94.5 Å². The van der Waals surface area contributed by atoms with Crippen molar-refractivity contribution >= 4 is 23.5 Å². The van der Waals surface area contributed by atoms with Crippen LogP contribution in [0.4, 0.5) is 0 Å². The highest BCUT2D eigenvalue weighted by molar-refractivity contribution is 8.07. The van der Waals surface area contributed by atoms with E-state index in [0.717, 1.165) is 11.5 Å². The van der Waals surface area contributed by atoms with Gasteiger partial charge in [-0.2, -0.15) is 0 Å². The maximum atomic E-state index is 6.97. The molecule has 4 atom stereocenters. The normalized spacial score (nSPS) is 31.1. The first kappa shape index (κ1) is 11.8. The monoisotopic (exact) mass is 226 g/mol. The van der Waals surface area contributed by atoms with Crippen LogP contribution in [0, 0.1) is 13.1 Å². The summed E-state index contributed by atoms with van der Waals surface area (Å²) in [4.78, 5) is 7.12. The molecule has 0 aromatic rings. The topological polar surface area (TPSA) is 8.72 Å². The summed E-state index contributed by atoms with van der Waals surface area (Å²) in [6.07, 6.45) is 0. The fourth-order valence-electron chi connectivity index (χ4n) is 1.26. The van der Waals surface area contributed by atoms with E-state index in [1.54, 1.807) is 0 Å². The Morgan fingerprint density at radius 2 is 1.36 bits per heavy atom. The van der Waals surface area contributed by atoms with E-state index >= 15 is 0 Å². The van der Waals surface area contributed by atoms with Crippen LogP contribution >= 0.6 is 23.5 Å². The Morgan fingerprint density at radius 1 is 1.00 bits per heavy atom. The van der Waals surface area contributed by atoms with Crippen molar-refractivity contribution in [1.82, 2.24) is 0 Å². The first-order chi connectivity index (χ1) is 6.69. The molecule has 0 spiro atoms. The second-order valence-corrected chi connectivity index (χ2v) is 6.03. The van der Waals surface area contributed by atoms with E-state index in [2.05, 4.69) is 9.69 Å². The maximum absolute atomic E-state index is 6.97. The van der Waals surface area contributed by atoms with Gasteiger partial charge in [0.05, 0.1) is 10.5 Å². The average Bonchev–Trinajstić information content (AvgIpc) is 2.27. The van der Waals surface area contributed by atoms with Crippen LogP contribution in [0.15, 0.2) is 0 Å². The van der Waals surface area contributed by atoms with Crippen molar-refractivity contribution in [2.45, 2.75) is 36.4 Å². The van der Waals surface area contributed by atoms with Crippen LogP contribution in [0.2, 0.25) is 0 Å². The van der Waals surface area contributed by atoms with Crippen LogP contribution in [0.25, 0.3) is 9.69 Å². The maximum Gasteiger partial charge on any atom is 0.233 e. The smallest absolute Gasteiger partial charge is 0.233 e. The fourth-order valence-corrected chi connectivity index (χ4v) is 4.61. The van der Waals surface area contributed by atoms with Gasteiger partial charge in [0, 0.05) is 25.4 Å². The van der Waals surface area contributed by atoms with Crippen molar-refractivity contribution in [2.75, 3.05) is 11.5 Å². The molecule has 0 radical (unpaired) electrons. The van der Waals surface area contributed by atoms with Crippen molar-refractivity contribution in [3.05, 3.63) is 22.8 Å². The average molecular weight is 226 g/mol. The van der Waals surface area contributed by atoms with Gasteiger partial charge in [-0.25, -0.2) is 13.1 Å². The third kappa shape index (κ3) is 2.83. The minimum atomic E-state index is 0.122. The molecule has 0 amide bonds. The Balaban J connectivity index is 2.40. The quantitative estimate of drug-likeness (QED) is 0.669. The molecule has 4 heteroatoms. The van der Waals surface area contributed by atoms with Gasteiger partial charge in [-0.05, 0) is 0 Å². The SMILES string of the molecule is [C-]#[N+]C(C)C1CSC(C(C)[N+]#[C-])CS1. The van der Waals surface area contributed by atoms with Gasteiger partial charge in [-0.1, -0.05) is 0 Å². The zero-order chi connectivity index (χ0) is 10.6. The van der Waals surface area contributed by atoms with Gasteiger partial charge in [0.25, 0.3) is 0 Å². The molecule has 2 nitrogen and oxygen atoms in total. The first-order valence-electron chi connectivity index (χ1n) is 4.65. The van der Waals surface area contributed by atoms with E-state index in [9.17, 15) is 0 Å². The lowest BCUT2D eigenvalue weighted by atomic mass is 10.2. The summed E-state index contributed by atoms with van der Waals surface area (Å²) >= 11 is 3.74. The number of rotatable bonds is 2. The number of hydrogen-bond donors (Lipinski definition) is 0. The van der Waals surface area contributed by atoms with E-state index in [0.29, 0.717) is 10.5 Å². The molecule has 1 rings (SSSR count). The lowest BCUT2D eigenvalue weighted by molar-refractivity contribution is 0.795. The number of nitrogens with zero attached hydrogens (tertiary/aromatic N) is 2. The summed E-state index contributed by atoms with van der Waals surface area (Å²) in [5.41, 5.74) is 0. The lowest BCUT2D eigenvalue weighted by Crippen LogP contribution is -2.32. The number of hydrogen-bond acceptors (Lipinski definition) is 2.